The highest BCUT2D eigenvalue weighted by atomic mass is 32.2. The van der Waals surface area contributed by atoms with E-state index in [-0.39, 0.29) is 27.2 Å². The summed E-state index contributed by atoms with van der Waals surface area (Å²) >= 11 is -0.0612. The highest BCUT2D eigenvalue weighted by Gasteiger charge is 2.42. The Hall–Kier alpha value is -2.00. The molecule has 0 radical (unpaired) electrons. The minimum atomic E-state index is -5.21. The van der Waals surface area contributed by atoms with Crippen LogP contribution in [0.3, 0.4) is 0 Å². The van der Waals surface area contributed by atoms with Gasteiger partial charge in [0.1, 0.15) is 5.56 Å². The molecule has 1 unspecified atom stereocenters. The molecule has 1 N–H and O–H groups in total. The molecule has 0 spiro atoms. The Balaban J connectivity index is 2.91. The summed E-state index contributed by atoms with van der Waals surface area (Å²) < 4.78 is 103. The Kier molecular flexibility index (Phi) is 6.15. The number of nitrogens with zero attached hydrogens (tertiary/aromatic N) is 2. The average Bonchev–Trinajstić information content (AvgIpc) is 2.96. The van der Waals surface area contributed by atoms with Gasteiger partial charge < -0.3 is 5.11 Å². The number of hydrogen-bond donors (Lipinski definition) is 1. The zero-order valence-corrected chi connectivity index (χ0v) is 16.8. The lowest BCUT2D eigenvalue weighted by molar-refractivity contribution is -0.387. The fraction of sp³-hybridized carbons (Fsp3) is 0.467. The lowest BCUT2D eigenvalue weighted by Gasteiger charge is -2.28. The Morgan fingerprint density at radius 1 is 1.17 bits per heavy atom. The number of fused-ring (bicyclic) bond motifs is 1. The SMILES string of the molecule is CCC(O)(SCC(F)(F)F)c1cc2cc([N+](=O)[O-])c(C(F)(F)F)cc2n1S(C)(=O)=O. The van der Waals surface area contributed by atoms with Gasteiger partial charge in [0.05, 0.1) is 28.1 Å². The smallest absolute Gasteiger partial charge is 0.374 e. The molecule has 0 aliphatic heterocycles. The third-order valence-electron chi connectivity index (χ3n) is 4.06. The highest BCUT2D eigenvalue weighted by molar-refractivity contribution is 8.00. The van der Waals surface area contributed by atoms with E-state index in [0.29, 0.717) is 12.3 Å². The molecule has 2 aromatic rings. The maximum absolute atomic E-state index is 13.3. The molecule has 0 saturated heterocycles. The number of aromatic nitrogens is 1. The van der Waals surface area contributed by atoms with Crippen LogP contribution in [0.25, 0.3) is 10.9 Å². The molecule has 0 aliphatic carbocycles. The van der Waals surface area contributed by atoms with Crippen LogP contribution in [-0.4, -0.2) is 40.6 Å². The summed E-state index contributed by atoms with van der Waals surface area (Å²) in [6.07, 6.45) is -9.80. The van der Waals surface area contributed by atoms with Crippen molar-refractivity contribution in [2.24, 2.45) is 0 Å². The van der Waals surface area contributed by atoms with E-state index in [1.165, 1.54) is 6.92 Å². The third-order valence-corrected chi connectivity index (χ3v) is 6.57. The minimum Gasteiger partial charge on any atom is -0.374 e. The molecule has 1 aromatic carbocycles. The van der Waals surface area contributed by atoms with E-state index in [9.17, 15) is 50.0 Å². The monoisotopic (exact) mass is 480 g/mol. The van der Waals surface area contributed by atoms with Crippen molar-refractivity contribution < 1.29 is 44.8 Å². The van der Waals surface area contributed by atoms with Crippen molar-refractivity contribution in [2.45, 2.75) is 30.6 Å². The first-order valence-corrected chi connectivity index (χ1v) is 10.8. The number of aliphatic hydroxyl groups is 1. The summed E-state index contributed by atoms with van der Waals surface area (Å²) in [6.45, 7) is 1.25. The number of thioether (sulfide) groups is 1. The van der Waals surface area contributed by atoms with Gasteiger partial charge in [-0.15, -0.1) is 11.8 Å². The number of rotatable bonds is 6. The predicted octanol–water partition coefficient (Wildman–Crippen LogP) is 4.23. The van der Waals surface area contributed by atoms with Crippen LogP contribution >= 0.6 is 11.8 Å². The van der Waals surface area contributed by atoms with Crippen molar-refractivity contribution >= 4 is 38.4 Å². The van der Waals surface area contributed by atoms with Crippen LogP contribution < -0.4 is 0 Å². The standard InChI is InChI=1S/C15H14F6N2O5S2/c1-3-13(24,29-7-14(16,17)18)12-5-8-4-11(23(25)26)9(15(19,20)21)6-10(8)22(12)30(2,27)28/h4-6,24H,3,7H2,1-2H3. The van der Waals surface area contributed by atoms with E-state index in [1.54, 1.807) is 0 Å². The molecule has 0 fully saturated rings. The van der Waals surface area contributed by atoms with Crippen molar-refractivity contribution in [2.75, 3.05) is 12.0 Å². The fourth-order valence-corrected chi connectivity index (χ4v) is 4.82. The minimum absolute atomic E-state index is 0.0612. The molecule has 168 valence electrons. The molecule has 1 heterocycles. The van der Waals surface area contributed by atoms with E-state index in [2.05, 4.69) is 0 Å². The number of nitro benzene ring substituents is 1. The maximum Gasteiger partial charge on any atom is 0.423 e. The van der Waals surface area contributed by atoms with Gasteiger partial charge in [0.2, 0.25) is 10.0 Å². The van der Waals surface area contributed by atoms with Gasteiger partial charge >= 0.3 is 12.4 Å². The quantitative estimate of drug-likeness (QED) is 0.287. The average molecular weight is 480 g/mol. The van der Waals surface area contributed by atoms with Gasteiger partial charge in [0.25, 0.3) is 5.69 Å². The van der Waals surface area contributed by atoms with Crippen LogP contribution in [0, 0.1) is 10.1 Å². The normalized spacial score (nSPS) is 15.4. The van der Waals surface area contributed by atoms with Gasteiger partial charge in [0, 0.05) is 11.5 Å². The Morgan fingerprint density at radius 2 is 1.73 bits per heavy atom. The third kappa shape index (κ3) is 4.83. The Bertz CT molecular complexity index is 1090. The number of hydrogen-bond acceptors (Lipinski definition) is 6. The van der Waals surface area contributed by atoms with Crippen LogP contribution in [0.4, 0.5) is 32.0 Å². The number of alkyl halides is 6. The Labute approximate surface area is 169 Å². The first-order chi connectivity index (χ1) is 13.4. The maximum atomic E-state index is 13.3. The fourth-order valence-electron chi connectivity index (χ4n) is 2.79. The molecular formula is C15H14F6N2O5S2. The van der Waals surface area contributed by atoms with E-state index in [1.807, 2.05) is 0 Å². The van der Waals surface area contributed by atoms with Crippen molar-refractivity contribution in [1.82, 2.24) is 3.97 Å². The molecule has 1 atom stereocenters. The van der Waals surface area contributed by atoms with Gasteiger partial charge in [-0.1, -0.05) is 6.92 Å². The van der Waals surface area contributed by atoms with Crippen LogP contribution in [0.1, 0.15) is 24.6 Å². The molecule has 0 bridgehead atoms. The van der Waals surface area contributed by atoms with Crippen LogP contribution in [-0.2, 0) is 21.1 Å². The summed E-state index contributed by atoms with van der Waals surface area (Å²) in [5, 5.41) is 21.4. The largest absolute Gasteiger partial charge is 0.423 e. The van der Waals surface area contributed by atoms with Gasteiger partial charge in [0.15, 0.2) is 4.93 Å². The first-order valence-electron chi connectivity index (χ1n) is 7.96. The van der Waals surface area contributed by atoms with Gasteiger partial charge in [-0.25, -0.2) is 12.4 Å². The summed E-state index contributed by atoms with van der Waals surface area (Å²) in [7, 11) is -4.43. The van der Waals surface area contributed by atoms with Gasteiger partial charge in [-0.05, 0) is 18.6 Å². The first kappa shape index (κ1) is 24.3. The lowest BCUT2D eigenvalue weighted by atomic mass is 10.1. The topological polar surface area (TPSA) is 102 Å². The molecule has 30 heavy (non-hydrogen) atoms. The number of benzene rings is 1. The van der Waals surface area contributed by atoms with Crippen molar-refractivity contribution in [3.8, 4) is 0 Å². The van der Waals surface area contributed by atoms with Gasteiger partial charge in [-0.3, -0.25) is 10.1 Å². The zero-order valence-electron chi connectivity index (χ0n) is 15.2. The van der Waals surface area contributed by atoms with E-state index in [4.69, 9.17) is 0 Å². The van der Waals surface area contributed by atoms with E-state index in [0.717, 1.165) is 6.07 Å². The molecule has 0 aliphatic rings. The molecule has 1 aromatic heterocycles. The number of nitro groups is 1. The van der Waals surface area contributed by atoms with Crippen molar-refractivity contribution in [1.29, 1.82) is 0 Å². The van der Waals surface area contributed by atoms with E-state index < -0.39 is 66.9 Å². The van der Waals surface area contributed by atoms with Crippen LogP contribution in [0.15, 0.2) is 18.2 Å². The second kappa shape index (κ2) is 7.60. The molecular weight excluding hydrogens is 466 g/mol. The van der Waals surface area contributed by atoms with Crippen molar-refractivity contribution in [3.05, 3.63) is 39.6 Å². The van der Waals surface area contributed by atoms with E-state index >= 15 is 0 Å². The Morgan fingerprint density at radius 3 is 2.13 bits per heavy atom. The molecule has 0 amide bonds. The second-order valence-corrected chi connectivity index (χ2v) is 9.37. The second-order valence-electron chi connectivity index (χ2n) is 6.28. The zero-order chi connectivity index (χ0) is 23.3. The summed E-state index contributed by atoms with van der Waals surface area (Å²) in [5.41, 5.74) is -4.41. The molecule has 15 heteroatoms. The highest BCUT2D eigenvalue weighted by Crippen LogP contribution is 2.45. The van der Waals surface area contributed by atoms with Crippen molar-refractivity contribution in [3.63, 3.8) is 0 Å². The summed E-state index contributed by atoms with van der Waals surface area (Å²) in [6, 6.07) is 1.52. The molecule has 2 rings (SSSR count). The lowest BCUT2D eigenvalue weighted by Crippen LogP contribution is -2.29. The van der Waals surface area contributed by atoms with Crippen LogP contribution in [0.5, 0.6) is 0 Å². The van der Waals surface area contributed by atoms with Gasteiger partial charge in [-0.2, -0.15) is 26.3 Å². The van der Waals surface area contributed by atoms with Crippen LogP contribution in [0.2, 0.25) is 0 Å². The molecule has 0 saturated carbocycles. The predicted molar refractivity (Wildman–Crippen MR) is 96.5 cm³/mol. The summed E-state index contributed by atoms with van der Waals surface area (Å²) in [5.74, 6) is -1.57. The molecule has 7 nitrogen and oxygen atoms in total. The number of halogens is 6. The summed E-state index contributed by atoms with van der Waals surface area (Å²) in [4.78, 5) is 7.30.